The van der Waals surface area contributed by atoms with Gasteiger partial charge in [0.05, 0.1) is 5.60 Å². The van der Waals surface area contributed by atoms with Crippen molar-refractivity contribution in [2.45, 2.75) is 102 Å². The number of unbranched alkanes of at least 4 members (excludes halogenated alkanes) is 9. The molecule has 0 aromatic heterocycles. The van der Waals surface area contributed by atoms with Crippen molar-refractivity contribution < 1.29 is 5.11 Å². The van der Waals surface area contributed by atoms with Crippen LogP contribution in [0.5, 0.6) is 0 Å². The van der Waals surface area contributed by atoms with Crippen molar-refractivity contribution in [1.29, 1.82) is 0 Å². The summed E-state index contributed by atoms with van der Waals surface area (Å²) in [6.45, 7) is 4.17. The third-order valence-corrected chi connectivity index (χ3v) is 4.70. The predicted molar refractivity (Wildman–Crippen MR) is 88.1 cm³/mol. The van der Waals surface area contributed by atoms with Crippen LogP contribution in [0, 0.1) is 0 Å². The minimum atomic E-state index is -0.376. The molecule has 0 radical (unpaired) electrons. The maximum atomic E-state index is 10.2. The van der Waals surface area contributed by atoms with Gasteiger partial charge in [0.25, 0.3) is 0 Å². The van der Waals surface area contributed by atoms with E-state index in [0.717, 1.165) is 25.9 Å². The van der Waals surface area contributed by atoms with Crippen LogP contribution < -0.4 is 5.32 Å². The molecule has 2 N–H and O–H groups in total. The van der Waals surface area contributed by atoms with Gasteiger partial charge in [-0.05, 0) is 25.8 Å². The molecule has 0 amide bonds. The van der Waals surface area contributed by atoms with E-state index in [1.165, 1.54) is 77.0 Å². The third kappa shape index (κ3) is 8.97. The maximum Gasteiger partial charge on any atom is 0.0771 e. The van der Waals surface area contributed by atoms with Crippen LogP contribution in [0.3, 0.4) is 0 Å². The molecular formula is C18H37NO. The normalized spacial score (nSPS) is 17.7. The second-order valence-electron chi connectivity index (χ2n) is 6.79. The van der Waals surface area contributed by atoms with Gasteiger partial charge in [-0.1, -0.05) is 77.6 Å². The van der Waals surface area contributed by atoms with Crippen molar-refractivity contribution in [2.24, 2.45) is 0 Å². The van der Waals surface area contributed by atoms with Gasteiger partial charge in [0.15, 0.2) is 0 Å². The number of rotatable bonds is 13. The first-order chi connectivity index (χ1) is 9.77. The molecule has 0 heterocycles. The van der Waals surface area contributed by atoms with Crippen molar-refractivity contribution in [3.8, 4) is 0 Å². The molecule has 0 aromatic rings. The van der Waals surface area contributed by atoms with E-state index in [1.807, 2.05) is 0 Å². The largest absolute Gasteiger partial charge is 0.389 e. The smallest absolute Gasteiger partial charge is 0.0771 e. The monoisotopic (exact) mass is 283 g/mol. The number of nitrogens with one attached hydrogen (secondary N) is 1. The van der Waals surface area contributed by atoms with Gasteiger partial charge in [0.1, 0.15) is 0 Å². The minimum Gasteiger partial charge on any atom is -0.389 e. The lowest BCUT2D eigenvalue weighted by molar-refractivity contribution is 0.0479. The highest BCUT2D eigenvalue weighted by Crippen LogP contribution is 2.28. The van der Waals surface area contributed by atoms with Gasteiger partial charge in [-0.15, -0.1) is 0 Å². The van der Waals surface area contributed by atoms with E-state index in [0.29, 0.717) is 0 Å². The second-order valence-corrected chi connectivity index (χ2v) is 6.79. The van der Waals surface area contributed by atoms with Crippen molar-refractivity contribution in [1.82, 2.24) is 5.32 Å². The quantitative estimate of drug-likeness (QED) is 0.476. The van der Waals surface area contributed by atoms with Crippen molar-refractivity contribution in [3.05, 3.63) is 0 Å². The molecule has 0 aliphatic heterocycles. The molecule has 1 fully saturated rings. The van der Waals surface area contributed by atoms with Gasteiger partial charge < -0.3 is 10.4 Å². The van der Waals surface area contributed by atoms with Crippen LogP contribution in [-0.2, 0) is 0 Å². The zero-order valence-electron chi connectivity index (χ0n) is 13.8. The van der Waals surface area contributed by atoms with Gasteiger partial charge in [-0.2, -0.15) is 0 Å². The molecule has 0 unspecified atom stereocenters. The maximum absolute atomic E-state index is 10.2. The van der Waals surface area contributed by atoms with Crippen LogP contribution >= 0.6 is 0 Å². The van der Waals surface area contributed by atoms with Crippen LogP contribution in [0.25, 0.3) is 0 Å². The summed E-state index contributed by atoms with van der Waals surface area (Å²) < 4.78 is 0. The molecule has 1 aliphatic rings. The van der Waals surface area contributed by atoms with E-state index in [4.69, 9.17) is 0 Å². The Hall–Kier alpha value is -0.0800. The second kappa shape index (κ2) is 11.6. The molecule has 2 heteroatoms. The molecule has 1 rings (SSSR count). The Kier molecular flexibility index (Phi) is 10.4. The van der Waals surface area contributed by atoms with Crippen molar-refractivity contribution in [3.63, 3.8) is 0 Å². The Bertz CT molecular complexity index is 211. The summed E-state index contributed by atoms with van der Waals surface area (Å²) >= 11 is 0. The van der Waals surface area contributed by atoms with Crippen LogP contribution in [0.1, 0.15) is 96.8 Å². The Morgan fingerprint density at radius 1 is 0.800 bits per heavy atom. The predicted octanol–water partition coefficient (Wildman–Crippen LogP) is 4.80. The van der Waals surface area contributed by atoms with Gasteiger partial charge >= 0.3 is 0 Å². The van der Waals surface area contributed by atoms with Crippen LogP contribution in [0.4, 0.5) is 0 Å². The summed E-state index contributed by atoms with van der Waals surface area (Å²) in [6, 6.07) is 0. The lowest BCUT2D eigenvalue weighted by Crippen LogP contribution is -2.38. The molecular weight excluding hydrogens is 246 g/mol. The van der Waals surface area contributed by atoms with Gasteiger partial charge in [0, 0.05) is 6.54 Å². The summed E-state index contributed by atoms with van der Waals surface area (Å²) in [5.41, 5.74) is -0.376. The van der Waals surface area contributed by atoms with E-state index < -0.39 is 0 Å². The van der Waals surface area contributed by atoms with E-state index in [9.17, 15) is 5.11 Å². The average Bonchev–Trinajstić information content (AvgIpc) is 2.87. The first-order valence-electron chi connectivity index (χ1n) is 9.20. The van der Waals surface area contributed by atoms with Gasteiger partial charge in [0.2, 0.25) is 0 Å². The van der Waals surface area contributed by atoms with Crippen molar-refractivity contribution in [2.75, 3.05) is 13.1 Å². The molecule has 0 bridgehead atoms. The summed E-state index contributed by atoms with van der Waals surface area (Å²) in [4.78, 5) is 0. The molecule has 0 saturated heterocycles. The first kappa shape index (κ1) is 18.0. The van der Waals surface area contributed by atoms with Crippen molar-refractivity contribution >= 4 is 0 Å². The van der Waals surface area contributed by atoms with Crippen LogP contribution in [-0.4, -0.2) is 23.8 Å². The van der Waals surface area contributed by atoms with Crippen LogP contribution in [0.2, 0.25) is 0 Å². The SMILES string of the molecule is CCCCCCCCCCCCNCC1(O)CCCC1. The topological polar surface area (TPSA) is 32.3 Å². The molecule has 0 atom stereocenters. The molecule has 0 spiro atoms. The van der Waals surface area contributed by atoms with E-state index in [1.54, 1.807) is 0 Å². The van der Waals surface area contributed by atoms with Crippen LogP contribution in [0.15, 0.2) is 0 Å². The molecule has 2 nitrogen and oxygen atoms in total. The summed E-state index contributed by atoms with van der Waals surface area (Å²) in [7, 11) is 0. The summed E-state index contributed by atoms with van der Waals surface area (Å²) in [5, 5.41) is 13.6. The summed E-state index contributed by atoms with van der Waals surface area (Å²) in [5.74, 6) is 0. The molecule has 0 aromatic carbocycles. The lowest BCUT2D eigenvalue weighted by atomic mass is 10.0. The zero-order chi connectivity index (χ0) is 14.5. The fourth-order valence-corrected chi connectivity index (χ4v) is 3.27. The lowest BCUT2D eigenvalue weighted by Gasteiger charge is -2.22. The Balaban J connectivity index is 1.74. The number of hydrogen-bond acceptors (Lipinski definition) is 2. The summed E-state index contributed by atoms with van der Waals surface area (Å²) in [6.07, 6.45) is 18.3. The zero-order valence-corrected chi connectivity index (χ0v) is 13.8. The molecule has 120 valence electrons. The van der Waals surface area contributed by atoms with E-state index in [2.05, 4.69) is 12.2 Å². The molecule has 1 saturated carbocycles. The van der Waals surface area contributed by atoms with Gasteiger partial charge in [-0.25, -0.2) is 0 Å². The standard InChI is InChI=1S/C18H37NO/c1-2-3-4-5-6-7-8-9-10-13-16-19-17-18(20)14-11-12-15-18/h19-20H,2-17H2,1H3. The fraction of sp³-hybridized carbons (Fsp3) is 1.00. The Morgan fingerprint density at radius 2 is 1.30 bits per heavy atom. The number of hydrogen-bond donors (Lipinski definition) is 2. The van der Waals surface area contributed by atoms with E-state index >= 15 is 0 Å². The minimum absolute atomic E-state index is 0.376. The fourth-order valence-electron chi connectivity index (χ4n) is 3.27. The average molecular weight is 284 g/mol. The highest BCUT2D eigenvalue weighted by molar-refractivity contribution is 4.85. The highest BCUT2D eigenvalue weighted by atomic mass is 16.3. The highest BCUT2D eigenvalue weighted by Gasteiger charge is 2.30. The molecule has 1 aliphatic carbocycles. The first-order valence-corrected chi connectivity index (χ1v) is 9.20. The Labute approximate surface area is 126 Å². The van der Waals surface area contributed by atoms with Gasteiger partial charge in [-0.3, -0.25) is 0 Å². The Morgan fingerprint density at radius 3 is 1.85 bits per heavy atom. The number of aliphatic hydroxyl groups is 1. The van der Waals surface area contributed by atoms with E-state index in [-0.39, 0.29) is 5.60 Å². The third-order valence-electron chi connectivity index (χ3n) is 4.70. The molecule has 20 heavy (non-hydrogen) atoms.